The second kappa shape index (κ2) is 5.15. The Balaban J connectivity index is 1.98. The van der Waals surface area contributed by atoms with Gasteiger partial charge in [0, 0.05) is 18.9 Å². The van der Waals surface area contributed by atoms with Crippen LogP contribution in [0.4, 0.5) is 8.78 Å². The van der Waals surface area contributed by atoms with Crippen LogP contribution in [0.25, 0.3) is 0 Å². The van der Waals surface area contributed by atoms with Crippen LogP contribution in [0.3, 0.4) is 0 Å². The van der Waals surface area contributed by atoms with Gasteiger partial charge in [-0.05, 0) is 31.8 Å². The molecule has 0 amide bonds. The number of ether oxygens (including phenoxy) is 1. The van der Waals surface area contributed by atoms with Crippen molar-refractivity contribution in [1.82, 2.24) is 0 Å². The number of rotatable bonds is 4. The Morgan fingerprint density at radius 3 is 2.45 bits per heavy atom. The van der Waals surface area contributed by atoms with E-state index in [0.717, 1.165) is 12.1 Å². The molecular formula is C14H17F2NO2Si. The lowest BCUT2D eigenvalue weighted by atomic mass is 9.78. The van der Waals surface area contributed by atoms with E-state index in [1.807, 2.05) is 19.6 Å². The zero-order valence-corrected chi connectivity index (χ0v) is 12.7. The summed E-state index contributed by atoms with van der Waals surface area (Å²) in [6.45, 7) is 6.04. The van der Waals surface area contributed by atoms with E-state index in [4.69, 9.17) is 9.16 Å². The lowest BCUT2D eigenvalue weighted by molar-refractivity contribution is -0.0508. The summed E-state index contributed by atoms with van der Waals surface area (Å²) in [6, 6.07) is 5.38. The van der Waals surface area contributed by atoms with E-state index < -0.39 is 25.6 Å². The van der Waals surface area contributed by atoms with Gasteiger partial charge in [-0.3, -0.25) is 0 Å². The number of hydrogen-bond acceptors (Lipinski definition) is 3. The molecule has 1 aliphatic carbocycles. The molecule has 108 valence electrons. The predicted molar refractivity (Wildman–Crippen MR) is 72.8 cm³/mol. The van der Waals surface area contributed by atoms with E-state index in [1.165, 1.54) is 6.07 Å². The molecule has 3 nitrogen and oxygen atoms in total. The Morgan fingerprint density at radius 1 is 1.30 bits per heavy atom. The molecule has 1 fully saturated rings. The van der Waals surface area contributed by atoms with Crippen LogP contribution >= 0.6 is 0 Å². The van der Waals surface area contributed by atoms with Crippen molar-refractivity contribution in [3.8, 4) is 11.8 Å². The van der Waals surface area contributed by atoms with Crippen LogP contribution in [-0.4, -0.2) is 20.0 Å². The molecule has 2 rings (SSSR count). The van der Waals surface area contributed by atoms with Crippen LogP contribution in [0.2, 0.25) is 19.6 Å². The summed E-state index contributed by atoms with van der Waals surface area (Å²) in [5, 5.41) is 9.24. The van der Waals surface area contributed by atoms with Gasteiger partial charge >= 0.3 is 0 Å². The van der Waals surface area contributed by atoms with Gasteiger partial charge in [-0.15, -0.1) is 0 Å². The molecule has 0 spiro atoms. The van der Waals surface area contributed by atoms with E-state index >= 15 is 0 Å². The summed E-state index contributed by atoms with van der Waals surface area (Å²) in [5.41, 5.74) is -0.814. The zero-order valence-electron chi connectivity index (χ0n) is 11.7. The van der Waals surface area contributed by atoms with Gasteiger partial charge < -0.3 is 9.16 Å². The molecule has 0 bridgehead atoms. The van der Waals surface area contributed by atoms with Crippen LogP contribution in [-0.2, 0) is 4.43 Å². The van der Waals surface area contributed by atoms with Crippen LogP contribution < -0.4 is 4.74 Å². The van der Waals surface area contributed by atoms with Crippen molar-refractivity contribution in [3.05, 3.63) is 29.8 Å². The molecule has 20 heavy (non-hydrogen) atoms. The molecule has 0 heterocycles. The Bertz CT molecular complexity index is 545. The molecule has 1 aromatic carbocycles. The van der Waals surface area contributed by atoms with Crippen molar-refractivity contribution in [1.29, 1.82) is 5.26 Å². The maximum atomic E-state index is 13.5. The second-order valence-electron chi connectivity index (χ2n) is 6.04. The van der Waals surface area contributed by atoms with Crippen LogP contribution in [0.15, 0.2) is 18.2 Å². The molecule has 0 aliphatic heterocycles. The quantitative estimate of drug-likeness (QED) is 0.797. The smallest absolute Gasteiger partial charge is 0.185 e. The van der Waals surface area contributed by atoms with Crippen molar-refractivity contribution in [2.45, 2.75) is 44.2 Å². The lowest BCUT2D eigenvalue weighted by Crippen LogP contribution is -2.55. The highest BCUT2D eigenvalue weighted by Crippen LogP contribution is 2.40. The predicted octanol–water partition coefficient (Wildman–Crippen LogP) is 3.62. The average molecular weight is 297 g/mol. The van der Waals surface area contributed by atoms with E-state index in [0.29, 0.717) is 12.8 Å². The third-order valence-corrected chi connectivity index (χ3v) is 4.01. The summed E-state index contributed by atoms with van der Waals surface area (Å²) in [7, 11) is -1.83. The molecule has 0 atom stereocenters. The number of benzene rings is 1. The van der Waals surface area contributed by atoms with E-state index in [9.17, 15) is 14.0 Å². The van der Waals surface area contributed by atoms with Crippen molar-refractivity contribution in [2.75, 3.05) is 0 Å². The van der Waals surface area contributed by atoms with Gasteiger partial charge in [0.1, 0.15) is 11.9 Å². The summed E-state index contributed by atoms with van der Waals surface area (Å²) in [6.07, 6.45) is 0.542. The van der Waals surface area contributed by atoms with Gasteiger partial charge in [0.15, 0.2) is 25.5 Å². The van der Waals surface area contributed by atoms with Crippen molar-refractivity contribution < 1.29 is 17.9 Å². The standard InChI is InChI=1S/C14H17F2NO2Si/c1-20(2,3)19-14(9-17)7-11(8-14)18-13-5-4-10(15)6-12(13)16/h4-6,11H,7-8H2,1-3H3. The first-order valence-electron chi connectivity index (χ1n) is 6.46. The van der Waals surface area contributed by atoms with Crippen LogP contribution in [0.5, 0.6) is 5.75 Å². The van der Waals surface area contributed by atoms with E-state index in [2.05, 4.69) is 6.07 Å². The van der Waals surface area contributed by atoms with Gasteiger partial charge in [0.05, 0.1) is 6.07 Å². The number of nitriles is 1. The molecular weight excluding hydrogens is 280 g/mol. The Kier molecular flexibility index (Phi) is 3.85. The van der Waals surface area contributed by atoms with Gasteiger partial charge in [-0.1, -0.05) is 0 Å². The fourth-order valence-electron chi connectivity index (χ4n) is 2.29. The Labute approximate surface area is 118 Å². The lowest BCUT2D eigenvalue weighted by Gasteiger charge is -2.45. The molecule has 0 radical (unpaired) electrons. The van der Waals surface area contributed by atoms with Gasteiger partial charge in [-0.25, -0.2) is 8.78 Å². The summed E-state index contributed by atoms with van der Waals surface area (Å²) in [4.78, 5) is 0. The molecule has 0 unspecified atom stereocenters. The van der Waals surface area contributed by atoms with Gasteiger partial charge in [0.25, 0.3) is 0 Å². The van der Waals surface area contributed by atoms with Crippen molar-refractivity contribution in [2.24, 2.45) is 0 Å². The molecule has 0 N–H and O–H groups in total. The summed E-state index contributed by atoms with van der Waals surface area (Å²) in [5.74, 6) is -1.36. The number of nitrogens with zero attached hydrogens (tertiary/aromatic N) is 1. The fraction of sp³-hybridized carbons (Fsp3) is 0.500. The molecule has 0 aromatic heterocycles. The number of hydrogen-bond donors (Lipinski definition) is 0. The van der Waals surface area contributed by atoms with Gasteiger partial charge in [0.2, 0.25) is 0 Å². The first kappa shape index (κ1) is 14.9. The fourth-order valence-corrected chi connectivity index (χ4v) is 3.68. The molecule has 6 heteroatoms. The SMILES string of the molecule is C[Si](C)(C)OC1(C#N)CC(Oc2ccc(F)cc2F)C1. The van der Waals surface area contributed by atoms with Crippen LogP contribution in [0.1, 0.15) is 12.8 Å². The van der Waals surface area contributed by atoms with E-state index in [1.54, 1.807) is 0 Å². The van der Waals surface area contributed by atoms with Crippen LogP contribution in [0, 0.1) is 23.0 Å². The zero-order chi connectivity index (χ0) is 15.0. The first-order chi connectivity index (χ1) is 9.23. The monoisotopic (exact) mass is 297 g/mol. The Morgan fingerprint density at radius 2 is 1.95 bits per heavy atom. The topological polar surface area (TPSA) is 42.2 Å². The minimum Gasteiger partial charge on any atom is -0.487 e. The average Bonchev–Trinajstić information content (AvgIpc) is 2.27. The van der Waals surface area contributed by atoms with Gasteiger partial charge in [-0.2, -0.15) is 5.26 Å². The minimum absolute atomic E-state index is 0.0101. The molecule has 0 saturated heterocycles. The summed E-state index contributed by atoms with van der Waals surface area (Å²) < 4.78 is 37.6. The maximum absolute atomic E-state index is 13.5. The third kappa shape index (κ3) is 3.35. The second-order valence-corrected chi connectivity index (χ2v) is 10.5. The largest absolute Gasteiger partial charge is 0.487 e. The first-order valence-corrected chi connectivity index (χ1v) is 9.87. The van der Waals surface area contributed by atoms with Crippen molar-refractivity contribution in [3.63, 3.8) is 0 Å². The highest BCUT2D eigenvalue weighted by atomic mass is 28.4. The third-order valence-electron chi connectivity index (χ3n) is 3.01. The van der Waals surface area contributed by atoms with Crippen molar-refractivity contribution >= 4 is 8.32 Å². The number of halogens is 2. The molecule has 1 saturated carbocycles. The minimum atomic E-state index is -1.83. The molecule has 1 aromatic rings. The Hall–Kier alpha value is -1.45. The highest BCUT2D eigenvalue weighted by Gasteiger charge is 2.49. The molecule has 1 aliphatic rings. The van der Waals surface area contributed by atoms with E-state index in [-0.39, 0.29) is 11.9 Å². The normalized spacial score (nSPS) is 25.7. The maximum Gasteiger partial charge on any atom is 0.185 e. The highest BCUT2D eigenvalue weighted by molar-refractivity contribution is 6.69. The summed E-state index contributed by atoms with van der Waals surface area (Å²) >= 11 is 0.